The van der Waals surface area contributed by atoms with Crippen molar-refractivity contribution >= 4 is 22.9 Å². The van der Waals surface area contributed by atoms with Crippen LogP contribution in [0.3, 0.4) is 0 Å². The lowest BCUT2D eigenvalue weighted by atomic mass is 9.94. The van der Waals surface area contributed by atoms with E-state index < -0.39 is 17.8 Å². The molecule has 1 unspecified atom stereocenters. The number of fused-ring (bicyclic) bond motifs is 1. The Morgan fingerprint density at radius 2 is 1.94 bits per heavy atom. The second-order valence-electron chi connectivity index (χ2n) is 8.85. The molecule has 0 fully saturated rings. The summed E-state index contributed by atoms with van der Waals surface area (Å²) in [6.07, 6.45) is 2.02. The maximum Gasteiger partial charge on any atom is 0.311 e. The SMILES string of the molecule is CC(C)(C)Cn1c(Cc2ccc(C(CC(N)=O)C(=O)O)cc2)cc2cnc(C#N)nc21. The smallest absolute Gasteiger partial charge is 0.311 e. The third-order valence-electron chi connectivity index (χ3n) is 4.92. The quantitative estimate of drug-likeness (QED) is 0.604. The second kappa shape index (κ2) is 8.56. The van der Waals surface area contributed by atoms with Gasteiger partial charge in [-0.3, -0.25) is 9.59 Å². The molecule has 2 heterocycles. The lowest BCUT2D eigenvalue weighted by molar-refractivity contribution is -0.140. The topological polar surface area (TPSA) is 135 Å². The Morgan fingerprint density at radius 3 is 2.48 bits per heavy atom. The molecule has 0 saturated heterocycles. The van der Waals surface area contributed by atoms with Crippen LogP contribution in [0.4, 0.5) is 0 Å². The number of nitriles is 1. The molecule has 0 radical (unpaired) electrons. The molecule has 3 aromatic rings. The number of primary amides is 1. The Balaban J connectivity index is 1.95. The van der Waals surface area contributed by atoms with Crippen LogP contribution in [-0.4, -0.2) is 31.5 Å². The van der Waals surface area contributed by atoms with Crippen molar-refractivity contribution in [3.05, 3.63) is 59.2 Å². The molecule has 0 aliphatic carbocycles. The third kappa shape index (κ3) is 5.25. The lowest BCUT2D eigenvalue weighted by Crippen LogP contribution is -2.21. The molecule has 0 saturated carbocycles. The number of carboxylic acid groups (broad SMARTS) is 1. The zero-order valence-electron chi connectivity index (χ0n) is 17.8. The maximum atomic E-state index is 11.5. The van der Waals surface area contributed by atoms with Crippen LogP contribution in [-0.2, 0) is 22.6 Å². The molecular formula is C23H25N5O3. The number of rotatable bonds is 7. The molecule has 0 aliphatic heterocycles. The summed E-state index contributed by atoms with van der Waals surface area (Å²) in [5, 5.41) is 19.4. The molecule has 8 heteroatoms. The molecule has 31 heavy (non-hydrogen) atoms. The summed E-state index contributed by atoms with van der Waals surface area (Å²) < 4.78 is 2.11. The first-order chi connectivity index (χ1) is 14.6. The van der Waals surface area contributed by atoms with Gasteiger partial charge in [-0.2, -0.15) is 5.26 Å². The first kappa shape index (κ1) is 22.0. The van der Waals surface area contributed by atoms with Crippen LogP contribution in [0.25, 0.3) is 11.0 Å². The fourth-order valence-corrected chi connectivity index (χ4v) is 3.57. The highest BCUT2D eigenvalue weighted by Crippen LogP contribution is 2.27. The number of benzene rings is 1. The maximum absolute atomic E-state index is 11.5. The Labute approximate surface area is 180 Å². The van der Waals surface area contributed by atoms with Crippen molar-refractivity contribution in [3.8, 4) is 6.07 Å². The van der Waals surface area contributed by atoms with Crippen LogP contribution >= 0.6 is 0 Å². The zero-order chi connectivity index (χ0) is 22.8. The summed E-state index contributed by atoms with van der Waals surface area (Å²) in [6, 6.07) is 11.2. The number of amides is 1. The lowest BCUT2D eigenvalue weighted by Gasteiger charge is -2.22. The molecule has 0 spiro atoms. The van der Waals surface area contributed by atoms with Gasteiger partial charge in [0.25, 0.3) is 0 Å². The molecule has 8 nitrogen and oxygen atoms in total. The van der Waals surface area contributed by atoms with E-state index in [1.54, 1.807) is 18.3 Å². The first-order valence-corrected chi connectivity index (χ1v) is 9.92. The number of carbonyl (C=O) groups is 2. The number of aliphatic carboxylic acids is 1. The highest BCUT2D eigenvalue weighted by Gasteiger charge is 2.22. The number of hydrogen-bond donors (Lipinski definition) is 2. The Kier molecular flexibility index (Phi) is 6.07. The van der Waals surface area contributed by atoms with E-state index in [1.165, 1.54) is 0 Å². The van der Waals surface area contributed by atoms with Gasteiger partial charge in [-0.15, -0.1) is 0 Å². The van der Waals surface area contributed by atoms with Crippen molar-refractivity contribution in [2.75, 3.05) is 0 Å². The minimum Gasteiger partial charge on any atom is -0.481 e. The average molecular weight is 419 g/mol. The number of nitrogens with zero attached hydrogens (tertiary/aromatic N) is 4. The van der Waals surface area contributed by atoms with E-state index in [9.17, 15) is 20.0 Å². The molecule has 3 rings (SSSR count). The molecule has 1 aromatic carbocycles. The van der Waals surface area contributed by atoms with E-state index >= 15 is 0 Å². The van der Waals surface area contributed by atoms with Gasteiger partial charge in [0.1, 0.15) is 11.7 Å². The van der Waals surface area contributed by atoms with Crippen molar-refractivity contribution in [1.82, 2.24) is 14.5 Å². The van der Waals surface area contributed by atoms with Crippen LogP contribution in [0.2, 0.25) is 0 Å². The van der Waals surface area contributed by atoms with Gasteiger partial charge >= 0.3 is 5.97 Å². The predicted octanol–water partition coefficient (Wildman–Crippen LogP) is 2.98. The van der Waals surface area contributed by atoms with Crippen LogP contribution in [0.1, 0.15) is 55.8 Å². The van der Waals surface area contributed by atoms with Gasteiger partial charge in [0.15, 0.2) is 0 Å². The standard InChI is InChI=1S/C23H25N5O3/c1-23(2,3)13-28-17(9-16-12-26-20(11-24)27-21(16)28)8-14-4-6-15(7-5-14)18(22(30)31)10-19(25)29/h4-7,9,12,18H,8,10,13H2,1-3H3,(H2,25,29)(H,30,31). The van der Waals surface area contributed by atoms with Gasteiger partial charge in [-0.05, 0) is 22.6 Å². The normalized spacial score (nSPS) is 12.5. The van der Waals surface area contributed by atoms with E-state index in [2.05, 4.69) is 35.3 Å². The Bertz CT molecular complexity index is 1170. The number of hydrogen-bond acceptors (Lipinski definition) is 5. The van der Waals surface area contributed by atoms with Crippen LogP contribution in [0.5, 0.6) is 0 Å². The Hall–Kier alpha value is -3.73. The summed E-state index contributed by atoms with van der Waals surface area (Å²) in [4.78, 5) is 31.2. The summed E-state index contributed by atoms with van der Waals surface area (Å²) in [5.74, 6) is -2.56. The van der Waals surface area contributed by atoms with Crippen molar-refractivity contribution < 1.29 is 14.7 Å². The minimum atomic E-state index is -1.08. The summed E-state index contributed by atoms with van der Waals surface area (Å²) in [5.41, 5.74) is 8.45. The molecule has 3 N–H and O–H groups in total. The van der Waals surface area contributed by atoms with Gasteiger partial charge in [-0.1, -0.05) is 45.0 Å². The highest BCUT2D eigenvalue weighted by molar-refractivity contribution is 5.84. The fourth-order valence-electron chi connectivity index (χ4n) is 3.57. The van der Waals surface area contributed by atoms with E-state index in [0.717, 1.165) is 22.3 Å². The molecular weight excluding hydrogens is 394 g/mol. The third-order valence-corrected chi connectivity index (χ3v) is 4.92. The van der Waals surface area contributed by atoms with Gasteiger partial charge in [0, 0.05) is 36.7 Å². The van der Waals surface area contributed by atoms with Crippen molar-refractivity contribution in [2.24, 2.45) is 11.1 Å². The number of aromatic nitrogens is 3. The highest BCUT2D eigenvalue weighted by atomic mass is 16.4. The van der Waals surface area contributed by atoms with Crippen LogP contribution in [0.15, 0.2) is 36.5 Å². The van der Waals surface area contributed by atoms with Crippen LogP contribution < -0.4 is 5.73 Å². The molecule has 1 atom stereocenters. The molecule has 160 valence electrons. The van der Waals surface area contributed by atoms with E-state index in [4.69, 9.17) is 5.73 Å². The molecule has 0 aliphatic rings. The number of carboxylic acids is 1. The van der Waals surface area contributed by atoms with Crippen molar-refractivity contribution in [2.45, 2.75) is 46.1 Å². The van der Waals surface area contributed by atoms with Gasteiger partial charge < -0.3 is 15.4 Å². The van der Waals surface area contributed by atoms with Crippen molar-refractivity contribution in [1.29, 1.82) is 5.26 Å². The second-order valence-corrected chi connectivity index (χ2v) is 8.85. The predicted molar refractivity (Wildman–Crippen MR) is 115 cm³/mol. The van der Waals surface area contributed by atoms with Gasteiger partial charge in [0.2, 0.25) is 11.7 Å². The summed E-state index contributed by atoms with van der Waals surface area (Å²) >= 11 is 0. The van der Waals surface area contributed by atoms with E-state index in [1.807, 2.05) is 24.3 Å². The van der Waals surface area contributed by atoms with Gasteiger partial charge in [-0.25, -0.2) is 9.97 Å². The molecule has 0 bridgehead atoms. The zero-order valence-corrected chi connectivity index (χ0v) is 17.8. The average Bonchev–Trinajstić information content (AvgIpc) is 3.01. The molecule has 2 aromatic heterocycles. The number of carbonyl (C=O) groups excluding carboxylic acids is 1. The monoisotopic (exact) mass is 419 g/mol. The largest absolute Gasteiger partial charge is 0.481 e. The van der Waals surface area contributed by atoms with Crippen LogP contribution in [0, 0.1) is 16.7 Å². The number of nitrogens with two attached hydrogens (primary N) is 1. The van der Waals surface area contributed by atoms with E-state index in [-0.39, 0.29) is 17.7 Å². The van der Waals surface area contributed by atoms with E-state index in [0.29, 0.717) is 18.5 Å². The first-order valence-electron chi connectivity index (χ1n) is 9.92. The summed E-state index contributed by atoms with van der Waals surface area (Å²) in [6.45, 7) is 7.11. The summed E-state index contributed by atoms with van der Waals surface area (Å²) in [7, 11) is 0. The Morgan fingerprint density at radius 1 is 1.26 bits per heavy atom. The fraction of sp³-hybridized carbons (Fsp3) is 0.348. The van der Waals surface area contributed by atoms with Gasteiger partial charge in [0.05, 0.1) is 5.92 Å². The molecule has 1 amide bonds. The minimum absolute atomic E-state index is 0.00815. The van der Waals surface area contributed by atoms with Crippen molar-refractivity contribution in [3.63, 3.8) is 0 Å².